The number of nitrogens with zero attached hydrogens (tertiary/aromatic N) is 1. The lowest BCUT2D eigenvalue weighted by molar-refractivity contribution is 0.186. The first-order valence-corrected chi connectivity index (χ1v) is 7.98. The maximum absolute atomic E-state index is 3.64. The maximum atomic E-state index is 3.64. The molecule has 0 saturated carbocycles. The van der Waals surface area contributed by atoms with Crippen LogP contribution in [0.2, 0.25) is 0 Å². The molecule has 1 aliphatic rings. The van der Waals surface area contributed by atoms with E-state index in [0.717, 1.165) is 19.0 Å². The van der Waals surface area contributed by atoms with E-state index in [4.69, 9.17) is 0 Å². The number of thiophene rings is 1. The molecule has 102 valence electrons. The zero-order valence-corrected chi connectivity index (χ0v) is 12.7. The maximum Gasteiger partial charge on any atom is 0.0300 e. The van der Waals surface area contributed by atoms with E-state index in [-0.39, 0.29) is 0 Å². The molecule has 1 unspecified atom stereocenters. The van der Waals surface area contributed by atoms with Gasteiger partial charge in [-0.25, -0.2) is 0 Å². The summed E-state index contributed by atoms with van der Waals surface area (Å²) in [7, 11) is 0. The molecule has 1 fully saturated rings. The smallest absolute Gasteiger partial charge is 0.0300 e. The minimum atomic E-state index is 0.702. The summed E-state index contributed by atoms with van der Waals surface area (Å²) in [6.07, 6.45) is 2.76. The average Bonchev–Trinajstić information content (AvgIpc) is 2.95. The van der Waals surface area contributed by atoms with Gasteiger partial charge in [-0.15, -0.1) is 11.3 Å². The van der Waals surface area contributed by atoms with E-state index in [0.29, 0.717) is 6.04 Å². The van der Waals surface area contributed by atoms with Crippen LogP contribution < -0.4 is 5.32 Å². The molecular weight excluding hydrogens is 240 g/mol. The van der Waals surface area contributed by atoms with Gasteiger partial charge in [-0.05, 0) is 50.9 Å². The van der Waals surface area contributed by atoms with E-state index in [9.17, 15) is 0 Å². The van der Waals surface area contributed by atoms with Crippen LogP contribution in [0.4, 0.5) is 0 Å². The second-order valence-electron chi connectivity index (χ2n) is 5.70. The molecule has 1 saturated heterocycles. The zero-order chi connectivity index (χ0) is 13.0. The molecule has 2 nitrogen and oxygen atoms in total. The number of hydrogen-bond acceptors (Lipinski definition) is 3. The topological polar surface area (TPSA) is 15.3 Å². The highest BCUT2D eigenvalue weighted by atomic mass is 32.1. The fraction of sp³-hybridized carbons (Fsp3) is 0.733. The van der Waals surface area contributed by atoms with Crippen LogP contribution in [0.1, 0.15) is 36.4 Å². The summed E-state index contributed by atoms with van der Waals surface area (Å²) in [5, 5.41) is 3.64. The quantitative estimate of drug-likeness (QED) is 0.850. The zero-order valence-electron chi connectivity index (χ0n) is 11.9. The summed E-state index contributed by atoms with van der Waals surface area (Å²) in [5.74, 6) is 0.737. The summed E-state index contributed by atoms with van der Waals surface area (Å²) >= 11 is 1.90. The van der Waals surface area contributed by atoms with Crippen LogP contribution in [0.5, 0.6) is 0 Å². The number of rotatable bonds is 6. The Balaban J connectivity index is 1.78. The van der Waals surface area contributed by atoms with E-state index in [1.54, 1.807) is 0 Å². The van der Waals surface area contributed by atoms with Crippen molar-refractivity contribution in [3.8, 4) is 0 Å². The molecule has 1 aromatic rings. The molecule has 1 aliphatic heterocycles. The molecule has 3 heteroatoms. The van der Waals surface area contributed by atoms with Gasteiger partial charge in [0.2, 0.25) is 0 Å². The highest BCUT2D eigenvalue weighted by molar-refractivity contribution is 7.11. The normalized spacial score (nSPS) is 18.7. The molecule has 2 rings (SSSR count). The fourth-order valence-electron chi connectivity index (χ4n) is 2.78. The first-order valence-electron chi connectivity index (χ1n) is 7.17. The van der Waals surface area contributed by atoms with Crippen molar-refractivity contribution in [1.82, 2.24) is 10.2 Å². The van der Waals surface area contributed by atoms with Crippen molar-refractivity contribution >= 4 is 11.3 Å². The van der Waals surface area contributed by atoms with Gasteiger partial charge in [0.05, 0.1) is 0 Å². The van der Waals surface area contributed by atoms with Crippen molar-refractivity contribution in [2.24, 2.45) is 5.92 Å². The number of aryl methyl sites for hydroxylation is 1. The van der Waals surface area contributed by atoms with Gasteiger partial charge in [0.25, 0.3) is 0 Å². The van der Waals surface area contributed by atoms with Crippen LogP contribution in [-0.2, 0) is 6.54 Å². The van der Waals surface area contributed by atoms with Gasteiger partial charge in [-0.2, -0.15) is 0 Å². The van der Waals surface area contributed by atoms with Crippen molar-refractivity contribution in [3.63, 3.8) is 0 Å². The SMILES string of the molecule is Cc1ccc(CNCC(C(C)C)N2CCCC2)s1. The first kappa shape index (κ1) is 14.0. The lowest BCUT2D eigenvalue weighted by atomic mass is 10.0. The largest absolute Gasteiger partial charge is 0.310 e. The second kappa shape index (κ2) is 6.69. The van der Waals surface area contributed by atoms with Gasteiger partial charge in [0.15, 0.2) is 0 Å². The molecule has 0 aromatic carbocycles. The summed E-state index contributed by atoms with van der Waals surface area (Å²) in [6, 6.07) is 5.16. The third-order valence-electron chi connectivity index (χ3n) is 3.83. The minimum absolute atomic E-state index is 0.702. The van der Waals surface area contributed by atoms with Crippen molar-refractivity contribution in [2.75, 3.05) is 19.6 Å². The Labute approximate surface area is 115 Å². The molecule has 2 heterocycles. The Kier molecular flexibility index (Phi) is 5.22. The van der Waals surface area contributed by atoms with Gasteiger partial charge < -0.3 is 5.32 Å². The summed E-state index contributed by atoms with van der Waals surface area (Å²) in [5.41, 5.74) is 0. The van der Waals surface area contributed by atoms with Crippen molar-refractivity contribution in [3.05, 3.63) is 21.9 Å². The fourth-order valence-corrected chi connectivity index (χ4v) is 3.64. The predicted octanol–water partition coefficient (Wildman–Crippen LogP) is 3.27. The summed E-state index contributed by atoms with van der Waals surface area (Å²) in [4.78, 5) is 5.53. The average molecular weight is 266 g/mol. The number of hydrogen-bond donors (Lipinski definition) is 1. The van der Waals surface area contributed by atoms with Gasteiger partial charge in [-0.3, -0.25) is 4.90 Å². The molecule has 1 aromatic heterocycles. The molecule has 0 aliphatic carbocycles. The molecule has 18 heavy (non-hydrogen) atoms. The van der Waals surface area contributed by atoms with Crippen molar-refractivity contribution < 1.29 is 0 Å². The standard InChI is InChI=1S/C15H26N2S/c1-12(2)15(17-8-4-5-9-17)11-16-10-14-7-6-13(3)18-14/h6-7,12,15-16H,4-5,8-11H2,1-3H3. The molecule has 0 radical (unpaired) electrons. The van der Waals surface area contributed by atoms with Crippen LogP contribution in [0, 0.1) is 12.8 Å². The molecule has 1 N–H and O–H groups in total. The summed E-state index contributed by atoms with van der Waals surface area (Å²) < 4.78 is 0. The monoisotopic (exact) mass is 266 g/mol. The van der Waals surface area contributed by atoms with Gasteiger partial charge in [-0.1, -0.05) is 13.8 Å². The Morgan fingerprint density at radius 2 is 2.00 bits per heavy atom. The Hall–Kier alpha value is -0.380. The predicted molar refractivity (Wildman–Crippen MR) is 80.2 cm³/mol. The first-order chi connectivity index (χ1) is 8.66. The molecule has 1 atom stereocenters. The van der Waals surface area contributed by atoms with Gasteiger partial charge in [0.1, 0.15) is 0 Å². The van der Waals surface area contributed by atoms with Crippen LogP contribution in [0.25, 0.3) is 0 Å². The Bertz CT molecular complexity index is 353. The van der Waals surface area contributed by atoms with Gasteiger partial charge in [0, 0.05) is 28.9 Å². The van der Waals surface area contributed by atoms with E-state index >= 15 is 0 Å². The summed E-state index contributed by atoms with van der Waals surface area (Å²) in [6.45, 7) is 11.6. The van der Waals surface area contributed by atoms with Crippen LogP contribution in [0.15, 0.2) is 12.1 Å². The lowest BCUT2D eigenvalue weighted by Gasteiger charge is -2.31. The lowest BCUT2D eigenvalue weighted by Crippen LogP contribution is -2.43. The Morgan fingerprint density at radius 1 is 1.28 bits per heavy atom. The second-order valence-corrected chi connectivity index (χ2v) is 7.07. The van der Waals surface area contributed by atoms with Crippen molar-refractivity contribution in [1.29, 1.82) is 0 Å². The van der Waals surface area contributed by atoms with Crippen LogP contribution in [0.3, 0.4) is 0 Å². The highest BCUT2D eigenvalue weighted by Crippen LogP contribution is 2.18. The molecule has 0 amide bonds. The number of likely N-dealkylation sites (tertiary alicyclic amines) is 1. The van der Waals surface area contributed by atoms with Gasteiger partial charge >= 0.3 is 0 Å². The van der Waals surface area contributed by atoms with Crippen molar-refractivity contribution in [2.45, 2.75) is 46.2 Å². The van der Waals surface area contributed by atoms with Crippen LogP contribution >= 0.6 is 11.3 Å². The van der Waals surface area contributed by atoms with E-state index < -0.39 is 0 Å². The van der Waals surface area contributed by atoms with E-state index in [1.807, 2.05) is 11.3 Å². The van der Waals surface area contributed by atoms with E-state index in [1.165, 1.54) is 35.7 Å². The number of nitrogens with one attached hydrogen (secondary N) is 1. The molecular formula is C15H26N2S. The highest BCUT2D eigenvalue weighted by Gasteiger charge is 2.23. The molecule has 0 spiro atoms. The molecule has 0 bridgehead atoms. The third-order valence-corrected chi connectivity index (χ3v) is 4.83. The third kappa shape index (κ3) is 3.81. The minimum Gasteiger partial charge on any atom is -0.310 e. The van der Waals surface area contributed by atoms with Crippen LogP contribution in [-0.4, -0.2) is 30.6 Å². The Morgan fingerprint density at radius 3 is 2.56 bits per heavy atom. The van der Waals surface area contributed by atoms with E-state index in [2.05, 4.69) is 43.1 Å².